The molecule has 0 aliphatic carbocycles. The van der Waals surface area contributed by atoms with Crippen molar-refractivity contribution in [2.45, 2.75) is 13.5 Å². The highest BCUT2D eigenvalue weighted by atomic mass is 79.9. The van der Waals surface area contributed by atoms with Gasteiger partial charge in [0.25, 0.3) is 0 Å². The molecule has 0 aliphatic rings. The summed E-state index contributed by atoms with van der Waals surface area (Å²) >= 11 is 3.36. The van der Waals surface area contributed by atoms with Crippen LogP contribution >= 0.6 is 15.9 Å². The third-order valence-corrected chi connectivity index (χ3v) is 3.03. The zero-order valence-corrected chi connectivity index (χ0v) is 12.4. The summed E-state index contributed by atoms with van der Waals surface area (Å²) in [6.45, 7) is 4.02. The molecule has 2 aromatic rings. The lowest BCUT2D eigenvalue weighted by Gasteiger charge is -2.17. The minimum atomic E-state index is 0.559. The van der Waals surface area contributed by atoms with Crippen molar-refractivity contribution >= 4 is 21.9 Å². The number of nitrogens with zero attached hydrogens (tertiary/aromatic N) is 6. The van der Waals surface area contributed by atoms with Crippen molar-refractivity contribution in [2.75, 3.05) is 25.1 Å². The Bertz CT molecular complexity index is 518. The van der Waals surface area contributed by atoms with Gasteiger partial charge in [0.15, 0.2) is 0 Å². The quantitative estimate of drug-likeness (QED) is 0.798. The van der Waals surface area contributed by atoms with Gasteiger partial charge in [-0.15, -0.1) is 10.2 Å². The van der Waals surface area contributed by atoms with Gasteiger partial charge in [-0.25, -0.2) is 4.98 Å². The second-order valence-electron chi connectivity index (χ2n) is 3.88. The molecule has 0 aliphatic heterocycles. The number of anilines is 1. The van der Waals surface area contributed by atoms with Crippen LogP contribution in [0.3, 0.4) is 0 Å². The van der Waals surface area contributed by atoms with E-state index in [0.29, 0.717) is 18.4 Å². The van der Waals surface area contributed by atoms with E-state index in [1.54, 1.807) is 18.9 Å². The minimum absolute atomic E-state index is 0.559. The van der Waals surface area contributed by atoms with Crippen molar-refractivity contribution in [3.63, 3.8) is 0 Å². The molecule has 0 bridgehead atoms. The Balaban J connectivity index is 2.02. The summed E-state index contributed by atoms with van der Waals surface area (Å²) in [7, 11) is 1.93. The average Bonchev–Trinajstić information content (AvgIpc) is 2.92. The molecule has 19 heavy (non-hydrogen) atoms. The zero-order valence-electron chi connectivity index (χ0n) is 10.8. The third kappa shape index (κ3) is 3.63. The second kappa shape index (κ2) is 6.46. The maximum absolute atomic E-state index is 5.43. The van der Waals surface area contributed by atoms with E-state index in [1.807, 2.05) is 23.4 Å². The van der Waals surface area contributed by atoms with Gasteiger partial charge < -0.3 is 14.2 Å². The summed E-state index contributed by atoms with van der Waals surface area (Å²) in [5.41, 5.74) is 0. The fraction of sp³-hybridized carbons (Fsp3) is 0.455. The molecule has 0 spiro atoms. The summed E-state index contributed by atoms with van der Waals surface area (Å²) in [6.07, 6.45) is 5.06. The summed E-state index contributed by atoms with van der Waals surface area (Å²) in [5, 5.41) is 7.52. The predicted octanol–water partition coefficient (Wildman–Crippen LogP) is 1.37. The molecule has 2 rings (SSSR count). The molecule has 0 N–H and O–H groups in total. The second-order valence-corrected chi connectivity index (χ2v) is 4.73. The highest BCUT2D eigenvalue weighted by Gasteiger charge is 2.09. The maximum atomic E-state index is 5.43. The highest BCUT2D eigenvalue weighted by molar-refractivity contribution is 9.10. The van der Waals surface area contributed by atoms with E-state index < -0.39 is 0 Å². The molecular formula is C11H15BrN6O. The molecule has 0 atom stereocenters. The standard InChI is InChI=1S/C11H15BrN6O/c1-3-19-10-9(12)6-13-11(16-10)17(2)4-5-18-7-14-15-8-18/h6-8H,3-5H2,1-2H3. The Labute approximate surface area is 119 Å². The molecule has 8 heteroatoms. The molecule has 0 radical (unpaired) electrons. The van der Waals surface area contributed by atoms with E-state index in [9.17, 15) is 0 Å². The van der Waals surface area contributed by atoms with Crippen LogP contribution in [-0.2, 0) is 6.54 Å². The van der Waals surface area contributed by atoms with Gasteiger partial charge in [-0.05, 0) is 22.9 Å². The molecule has 2 heterocycles. The fourth-order valence-electron chi connectivity index (χ4n) is 1.47. The number of hydrogen-bond donors (Lipinski definition) is 0. The molecule has 0 amide bonds. The molecule has 0 saturated heterocycles. The maximum Gasteiger partial charge on any atom is 0.232 e. The Morgan fingerprint density at radius 3 is 2.79 bits per heavy atom. The van der Waals surface area contributed by atoms with Crippen LogP contribution in [0.2, 0.25) is 0 Å². The fourth-order valence-corrected chi connectivity index (χ4v) is 1.77. The minimum Gasteiger partial charge on any atom is -0.477 e. The van der Waals surface area contributed by atoms with Crippen LogP contribution < -0.4 is 9.64 Å². The number of likely N-dealkylation sites (N-methyl/N-ethyl adjacent to an activating group) is 1. The van der Waals surface area contributed by atoms with Crippen molar-refractivity contribution in [3.05, 3.63) is 23.3 Å². The third-order valence-electron chi connectivity index (χ3n) is 2.48. The van der Waals surface area contributed by atoms with Crippen LogP contribution in [0, 0.1) is 0 Å². The van der Waals surface area contributed by atoms with Crippen molar-refractivity contribution < 1.29 is 4.74 Å². The first kappa shape index (κ1) is 13.7. The van der Waals surface area contributed by atoms with E-state index in [4.69, 9.17) is 4.74 Å². The smallest absolute Gasteiger partial charge is 0.232 e. The number of aromatic nitrogens is 5. The van der Waals surface area contributed by atoms with Gasteiger partial charge in [-0.3, -0.25) is 0 Å². The summed E-state index contributed by atoms with van der Waals surface area (Å²) < 4.78 is 8.08. The van der Waals surface area contributed by atoms with E-state index in [1.165, 1.54) is 0 Å². The molecule has 0 unspecified atom stereocenters. The first-order chi connectivity index (χ1) is 9.20. The van der Waals surface area contributed by atoms with Gasteiger partial charge in [0.2, 0.25) is 11.8 Å². The van der Waals surface area contributed by atoms with Gasteiger partial charge in [-0.1, -0.05) is 0 Å². The highest BCUT2D eigenvalue weighted by Crippen LogP contribution is 2.23. The topological polar surface area (TPSA) is 69.0 Å². The lowest BCUT2D eigenvalue weighted by atomic mass is 10.5. The van der Waals surface area contributed by atoms with Gasteiger partial charge in [0.1, 0.15) is 12.7 Å². The number of rotatable bonds is 6. The first-order valence-corrected chi connectivity index (χ1v) is 6.69. The Morgan fingerprint density at radius 2 is 2.11 bits per heavy atom. The summed E-state index contributed by atoms with van der Waals surface area (Å²) in [4.78, 5) is 10.6. The van der Waals surface area contributed by atoms with Crippen molar-refractivity contribution in [3.8, 4) is 5.88 Å². The van der Waals surface area contributed by atoms with E-state index in [0.717, 1.165) is 17.6 Å². The Morgan fingerprint density at radius 1 is 1.37 bits per heavy atom. The predicted molar refractivity (Wildman–Crippen MR) is 74.2 cm³/mol. The molecular weight excluding hydrogens is 312 g/mol. The van der Waals surface area contributed by atoms with Gasteiger partial charge in [0.05, 0.1) is 17.3 Å². The summed E-state index contributed by atoms with van der Waals surface area (Å²) in [6, 6.07) is 0. The van der Waals surface area contributed by atoms with Crippen molar-refractivity contribution in [1.29, 1.82) is 0 Å². The lowest BCUT2D eigenvalue weighted by Crippen LogP contribution is -2.24. The van der Waals surface area contributed by atoms with Crippen molar-refractivity contribution in [2.24, 2.45) is 0 Å². The molecule has 2 aromatic heterocycles. The molecule has 102 valence electrons. The Kier molecular flexibility index (Phi) is 4.67. The van der Waals surface area contributed by atoms with Crippen LogP contribution in [0.4, 0.5) is 5.95 Å². The number of hydrogen-bond acceptors (Lipinski definition) is 6. The average molecular weight is 327 g/mol. The largest absolute Gasteiger partial charge is 0.477 e. The first-order valence-electron chi connectivity index (χ1n) is 5.89. The number of ether oxygens (including phenoxy) is 1. The van der Waals surface area contributed by atoms with Crippen molar-refractivity contribution in [1.82, 2.24) is 24.7 Å². The molecule has 0 aromatic carbocycles. The van der Waals surface area contributed by atoms with Crippen LogP contribution in [-0.4, -0.2) is 44.9 Å². The van der Waals surface area contributed by atoms with Crippen LogP contribution in [0.5, 0.6) is 5.88 Å². The normalized spacial score (nSPS) is 10.5. The van der Waals surface area contributed by atoms with E-state index in [-0.39, 0.29) is 0 Å². The molecule has 0 fully saturated rings. The van der Waals surface area contributed by atoms with Gasteiger partial charge in [-0.2, -0.15) is 4.98 Å². The van der Waals surface area contributed by atoms with Crippen LogP contribution in [0.1, 0.15) is 6.92 Å². The molecule has 7 nitrogen and oxygen atoms in total. The zero-order chi connectivity index (χ0) is 13.7. The monoisotopic (exact) mass is 326 g/mol. The SMILES string of the molecule is CCOc1nc(N(C)CCn2cnnc2)ncc1Br. The van der Waals surface area contributed by atoms with E-state index >= 15 is 0 Å². The number of halogens is 1. The summed E-state index contributed by atoms with van der Waals surface area (Å²) in [5.74, 6) is 1.18. The van der Waals surface area contributed by atoms with Crippen LogP contribution in [0.15, 0.2) is 23.3 Å². The van der Waals surface area contributed by atoms with Gasteiger partial charge >= 0.3 is 0 Å². The van der Waals surface area contributed by atoms with Crippen LogP contribution in [0.25, 0.3) is 0 Å². The Hall–Kier alpha value is -1.70. The lowest BCUT2D eigenvalue weighted by molar-refractivity contribution is 0.324. The van der Waals surface area contributed by atoms with Gasteiger partial charge in [0, 0.05) is 20.1 Å². The van der Waals surface area contributed by atoms with E-state index in [2.05, 4.69) is 36.1 Å². The molecule has 0 saturated carbocycles.